The fourth-order valence-corrected chi connectivity index (χ4v) is 3.28. The third-order valence-electron chi connectivity index (χ3n) is 1.85. The highest BCUT2D eigenvalue weighted by atomic mass is 79.9. The summed E-state index contributed by atoms with van der Waals surface area (Å²) in [5.41, 5.74) is 0. The van der Waals surface area contributed by atoms with Crippen molar-refractivity contribution in [2.24, 2.45) is 0 Å². The van der Waals surface area contributed by atoms with E-state index in [9.17, 15) is 4.21 Å². The lowest BCUT2D eigenvalue weighted by atomic mass is 10.3. The second kappa shape index (κ2) is 5.08. The van der Waals surface area contributed by atoms with Gasteiger partial charge in [-0.15, -0.1) is 11.3 Å². The highest BCUT2D eigenvalue weighted by Crippen LogP contribution is 2.26. The molecule has 0 aliphatic carbocycles. The number of rotatable bonds is 3. The molecule has 2 nitrogen and oxygen atoms in total. The summed E-state index contributed by atoms with van der Waals surface area (Å²) < 4.78 is 15.8. The maximum absolute atomic E-state index is 11.8. The largest absolute Gasteiger partial charge is 0.242 e. The lowest BCUT2D eigenvalue weighted by molar-refractivity contribution is 0.618. The zero-order valence-electron chi connectivity index (χ0n) is 9.33. The molecule has 1 heterocycles. The summed E-state index contributed by atoms with van der Waals surface area (Å²) in [4.78, 5) is 1.19. The highest BCUT2D eigenvalue weighted by Gasteiger charge is 2.22. The molecule has 0 aromatic carbocycles. The first-order chi connectivity index (χ1) is 6.80. The Labute approximate surface area is 106 Å². The number of halogens is 1. The van der Waals surface area contributed by atoms with Crippen LogP contribution in [0.5, 0.6) is 0 Å². The molecule has 0 aliphatic heterocycles. The predicted octanol–water partition coefficient (Wildman–Crippen LogP) is 3.62. The Bertz CT molecular complexity index is 357. The molecule has 0 saturated heterocycles. The van der Waals surface area contributed by atoms with Crippen molar-refractivity contribution in [1.29, 1.82) is 0 Å². The molecule has 1 aromatic rings. The first-order valence-electron chi connectivity index (χ1n) is 4.72. The molecule has 1 N–H and O–H groups in total. The van der Waals surface area contributed by atoms with E-state index >= 15 is 0 Å². The van der Waals surface area contributed by atoms with Crippen LogP contribution in [0.2, 0.25) is 0 Å². The van der Waals surface area contributed by atoms with Gasteiger partial charge in [0, 0.05) is 14.7 Å². The number of thiophene rings is 1. The zero-order valence-corrected chi connectivity index (χ0v) is 12.6. The summed E-state index contributed by atoms with van der Waals surface area (Å²) >= 11 is 5.08. The molecular weight excluding hydrogens is 294 g/mol. The van der Waals surface area contributed by atoms with E-state index in [0.29, 0.717) is 0 Å². The maximum Gasteiger partial charge on any atom is 0.0976 e. The normalized spacial score (nSPS) is 16.3. The maximum atomic E-state index is 11.8. The Morgan fingerprint density at radius 3 is 2.53 bits per heavy atom. The van der Waals surface area contributed by atoms with Gasteiger partial charge in [0.25, 0.3) is 0 Å². The Morgan fingerprint density at radius 1 is 1.53 bits per heavy atom. The van der Waals surface area contributed by atoms with Gasteiger partial charge in [0.05, 0.1) is 21.8 Å². The fraction of sp³-hybridized carbons (Fsp3) is 0.600. The average molecular weight is 310 g/mol. The quantitative estimate of drug-likeness (QED) is 0.907. The molecule has 5 heteroatoms. The average Bonchev–Trinajstić information content (AvgIpc) is 2.50. The van der Waals surface area contributed by atoms with Gasteiger partial charge in [-0.3, -0.25) is 0 Å². The molecule has 0 amide bonds. The van der Waals surface area contributed by atoms with E-state index in [2.05, 4.69) is 26.7 Å². The summed E-state index contributed by atoms with van der Waals surface area (Å²) in [7, 11) is -1.02. The Balaban J connectivity index is 2.64. The SMILES string of the molecule is CC(N[S@](=O)C(C)(C)C)c1cc(Br)cs1. The fourth-order valence-electron chi connectivity index (χ4n) is 0.951. The van der Waals surface area contributed by atoms with E-state index in [1.165, 1.54) is 4.88 Å². The van der Waals surface area contributed by atoms with E-state index in [-0.39, 0.29) is 10.8 Å². The smallest absolute Gasteiger partial charge is 0.0976 e. The van der Waals surface area contributed by atoms with Crippen LogP contribution < -0.4 is 4.72 Å². The first-order valence-corrected chi connectivity index (χ1v) is 7.55. The van der Waals surface area contributed by atoms with Crippen molar-refractivity contribution in [3.8, 4) is 0 Å². The molecule has 86 valence electrons. The van der Waals surface area contributed by atoms with Crippen LogP contribution in [0.15, 0.2) is 15.9 Å². The molecule has 15 heavy (non-hydrogen) atoms. The van der Waals surface area contributed by atoms with Crippen LogP contribution in [0.3, 0.4) is 0 Å². The third-order valence-corrected chi connectivity index (χ3v) is 5.41. The van der Waals surface area contributed by atoms with Gasteiger partial charge in [-0.2, -0.15) is 0 Å². The first kappa shape index (κ1) is 13.4. The van der Waals surface area contributed by atoms with Crippen LogP contribution in [0.4, 0.5) is 0 Å². The number of hydrogen-bond acceptors (Lipinski definition) is 2. The van der Waals surface area contributed by atoms with Crippen LogP contribution >= 0.6 is 27.3 Å². The van der Waals surface area contributed by atoms with E-state index in [1.807, 2.05) is 33.1 Å². The summed E-state index contributed by atoms with van der Waals surface area (Å²) in [6, 6.07) is 2.18. The molecular formula is C10H16BrNOS2. The van der Waals surface area contributed by atoms with Crippen molar-refractivity contribution >= 4 is 38.3 Å². The minimum atomic E-state index is -1.02. The Hall–Kier alpha value is 0.290. The van der Waals surface area contributed by atoms with E-state index < -0.39 is 11.0 Å². The van der Waals surface area contributed by atoms with E-state index in [0.717, 1.165) is 4.47 Å². The topological polar surface area (TPSA) is 29.1 Å². The van der Waals surface area contributed by atoms with Crippen LogP contribution in [0.1, 0.15) is 38.6 Å². The van der Waals surface area contributed by atoms with Crippen LogP contribution in [-0.4, -0.2) is 8.96 Å². The molecule has 1 unspecified atom stereocenters. The Kier molecular flexibility index (Phi) is 4.52. The summed E-state index contributed by atoms with van der Waals surface area (Å²) in [6.07, 6.45) is 0. The number of hydrogen-bond donors (Lipinski definition) is 1. The second-order valence-electron chi connectivity index (χ2n) is 4.39. The second-order valence-corrected chi connectivity index (χ2v) is 8.24. The molecule has 0 spiro atoms. The molecule has 0 saturated carbocycles. The van der Waals surface area contributed by atoms with Crippen molar-refractivity contribution in [2.45, 2.75) is 38.5 Å². The molecule has 0 fully saturated rings. The minimum Gasteiger partial charge on any atom is -0.242 e. The van der Waals surface area contributed by atoms with Gasteiger partial charge in [0.1, 0.15) is 0 Å². The van der Waals surface area contributed by atoms with Crippen molar-refractivity contribution in [1.82, 2.24) is 4.72 Å². The Morgan fingerprint density at radius 2 is 2.13 bits per heavy atom. The molecule has 0 aliphatic rings. The summed E-state index contributed by atoms with van der Waals surface area (Å²) in [5.74, 6) is 0. The molecule has 2 atom stereocenters. The van der Waals surface area contributed by atoms with Crippen molar-refractivity contribution < 1.29 is 4.21 Å². The van der Waals surface area contributed by atoms with Crippen LogP contribution in [0.25, 0.3) is 0 Å². The number of nitrogens with one attached hydrogen (secondary N) is 1. The molecule has 1 rings (SSSR count). The van der Waals surface area contributed by atoms with Gasteiger partial charge >= 0.3 is 0 Å². The standard InChI is InChI=1S/C10H16BrNOS2/c1-7(9-5-8(11)6-14-9)12-15(13)10(2,3)4/h5-7,12H,1-4H3/t7?,15-/m1/s1. The zero-order chi connectivity index (χ0) is 11.6. The lowest BCUT2D eigenvalue weighted by Crippen LogP contribution is -2.34. The minimum absolute atomic E-state index is 0.126. The van der Waals surface area contributed by atoms with Gasteiger partial charge in [-0.1, -0.05) is 0 Å². The molecule has 0 bridgehead atoms. The predicted molar refractivity (Wildman–Crippen MR) is 71.5 cm³/mol. The van der Waals surface area contributed by atoms with Gasteiger partial charge in [0.2, 0.25) is 0 Å². The lowest BCUT2D eigenvalue weighted by Gasteiger charge is -2.21. The van der Waals surface area contributed by atoms with E-state index in [4.69, 9.17) is 0 Å². The molecule has 1 aromatic heterocycles. The molecule has 0 radical (unpaired) electrons. The van der Waals surface area contributed by atoms with E-state index in [1.54, 1.807) is 11.3 Å². The van der Waals surface area contributed by atoms with Crippen LogP contribution in [0, 0.1) is 0 Å². The van der Waals surface area contributed by atoms with Crippen molar-refractivity contribution in [2.75, 3.05) is 0 Å². The monoisotopic (exact) mass is 309 g/mol. The van der Waals surface area contributed by atoms with Gasteiger partial charge in [-0.25, -0.2) is 8.93 Å². The van der Waals surface area contributed by atoms with Crippen LogP contribution in [-0.2, 0) is 11.0 Å². The third kappa shape index (κ3) is 3.98. The van der Waals surface area contributed by atoms with Gasteiger partial charge < -0.3 is 0 Å². The van der Waals surface area contributed by atoms with Gasteiger partial charge in [0.15, 0.2) is 0 Å². The van der Waals surface area contributed by atoms with Crippen molar-refractivity contribution in [3.63, 3.8) is 0 Å². The van der Waals surface area contributed by atoms with Crippen molar-refractivity contribution in [3.05, 3.63) is 20.8 Å². The summed E-state index contributed by atoms with van der Waals surface area (Å²) in [6.45, 7) is 7.93. The summed E-state index contributed by atoms with van der Waals surface area (Å²) in [5, 5.41) is 2.04. The highest BCUT2D eigenvalue weighted by molar-refractivity contribution is 9.10. The van der Waals surface area contributed by atoms with Gasteiger partial charge in [-0.05, 0) is 49.7 Å².